The summed E-state index contributed by atoms with van der Waals surface area (Å²) in [7, 11) is 0. The van der Waals surface area contributed by atoms with Gasteiger partial charge in [0.2, 0.25) is 5.89 Å². The molecule has 1 aromatic carbocycles. The molecular weight excluding hydrogens is 340 g/mol. The maximum Gasteiger partial charge on any atom is 0.240 e. The van der Waals surface area contributed by atoms with E-state index in [1.54, 1.807) is 0 Å². The number of fused-ring (bicyclic) bond motifs is 1. The van der Waals surface area contributed by atoms with E-state index in [1.807, 2.05) is 25.1 Å². The predicted molar refractivity (Wildman–Crippen MR) is 101 cm³/mol. The Morgan fingerprint density at radius 3 is 2.37 bits per heavy atom. The van der Waals surface area contributed by atoms with Crippen LogP contribution in [0.3, 0.4) is 0 Å². The second-order valence-electron chi connectivity index (χ2n) is 7.50. The largest absolute Gasteiger partial charge is 0.354 e. The van der Waals surface area contributed by atoms with Gasteiger partial charge < -0.3 is 9.42 Å². The van der Waals surface area contributed by atoms with Crippen molar-refractivity contribution in [2.45, 2.75) is 13.5 Å². The molecule has 2 fully saturated rings. The molecule has 0 saturated carbocycles. The summed E-state index contributed by atoms with van der Waals surface area (Å²) in [4.78, 5) is 9.10. The molecule has 0 N–H and O–H groups in total. The Labute approximate surface area is 158 Å². The Hall–Kier alpha value is -2.80. The third-order valence-electron chi connectivity index (χ3n) is 5.53. The fourth-order valence-corrected chi connectivity index (χ4v) is 4.26. The van der Waals surface area contributed by atoms with E-state index in [-0.39, 0.29) is 0 Å². The highest BCUT2D eigenvalue weighted by Crippen LogP contribution is 2.34. The molecule has 0 bridgehead atoms. The second-order valence-corrected chi connectivity index (χ2v) is 7.50. The molecule has 2 unspecified atom stereocenters. The third kappa shape index (κ3) is 3.30. The molecule has 7 nitrogen and oxygen atoms in total. The summed E-state index contributed by atoms with van der Waals surface area (Å²) in [6.45, 7) is 6.80. The summed E-state index contributed by atoms with van der Waals surface area (Å²) in [5.41, 5.74) is 2.02. The van der Waals surface area contributed by atoms with Crippen LogP contribution < -0.4 is 4.90 Å². The molecule has 2 atom stereocenters. The fraction of sp³-hybridized carbons (Fsp3) is 0.400. The molecule has 2 aliphatic heterocycles. The number of anilines is 1. The van der Waals surface area contributed by atoms with Crippen LogP contribution in [0, 0.1) is 18.8 Å². The normalized spacial score (nSPS) is 22.3. The van der Waals surface area contributed by atoms with Gasteiger partial charge in [-0.3, -0.25) is 4.90 Å². The zero-order valence-electron chi connectivity index (χ0n) is 15.3. The minimum absolute atomic E-state index is 0.657. The van der Waals surface area contributed by atoms with Crippen LogP contribution in [0.4, 0.5) is 5.82 Å². The monoisotopic (exact) mass is 362 g/mol. The summed E-state index contributed by atoms with van der Waals surface area (Å²) in [5.74, 6) is 3.71. The molecule has 5 rings (SSSR count). The number of benzene rings is 1. The molecule has 2 aromatic heterocycles. The van der Waals surface area contributed by atoms with E-state index in [0.29, 0.717) is 23.6 Å². The van der Waals surface area contributed by atoms with Crippen molar-refractivity contribution in [2.75, 3.05) is 31.1 Å². The van der Waals surface area contributed by atoms with Crippen LogP contribution in [0.15, 0.2) is 47.0 Å². The Kier molecular flexibility index (Phi) is 4.09. The van der Waals surface area contributed by atoms with Crippen LogP contribution in [0.2, 0.25) is 0 Å². The Morgan fingerprint density at radius 1 is 0.963 bits per heavy atom. The molecule has 0 amide bonds. The Balaban J connectivity index is 1.21. The van der Waals surface area contributed by atoms with Crippen LogP contribution in [-0.4, -0.2) is 51.4 Å². The lowest BCUT2D eigenvalue weighted by Crippen LogP contribution is -2.29. The average Bonchev–Trinajstić information content (AvgIpc) is 3.38. The zero-order valence-corrected chi connectivity index (χ0v) is 15.3. The van der Waals surface area contributed by atoms with Crippen molar-refractivity contribution in [3.05, 3.63) is 54.2 Å². The highest BCUT2D eigenvalue weighted by molar-refractivity contribution is 5.59. The first-order chi connectivity index (χ1) is 13.2. The molecular formula is C20H22N6O. The predicted octanol–water partition coefficient (Wildman–Crippen LogP) is 2.40. The topological polar surface area (TPSA) is 71.2 Å². The first-order valence-corrected chi connectivity index (χ1v) is 9.40. The number of aryl methyl sites for hydroxylation is 1. The van der Waals surface area contributed by atoms with Gasteiger partial charge in [0.15, 0.2) is 11.6 Å². The van der Waals surface area contributed by atoms with Gasteiger partial charge in [-0.1, -0.05) is 35.5 Å². The number of hydrogen-bond acceptors (Lipinski definition) is 7. The van der Waals surface area contributed by atoms with Gasteiger partial charge in [0.1, 0.15) is 0 Å². The van der Waals surface area contributed by atoms with Gasteiger partial charge in [0.05, 0.1) is 12.2 Å². The second kappa shape index (κ2) is 6.74. The van der Waals surface area contributed by atoms with Crippen molar-refractivity contribution in [1.29, 1.82) is 0 Å². The minimum Gasteiger partial charge on any atom is -0.354 e. The van der Waals surface area contributed by atoms with E-state index >= 15 is 0 Å². The van der Waals surface area contributed by atoms with Gasteiger partial charge in [-0.25, -0.2) is 0 Å². The lowest BCUT2D eigenvalue weighted by Gasteiger charge is -2.21. The number of hydrogen-bond donors (Lipinski definition) is 0. The average molecular weight is 362 g/mol. The van der Waals surface area contributed by atoms with E-state index < -0.39 is 0 Å². The van der Waals surface area contributed by atoms with Crippen LogP contribution in [0.5, 0.6) is 0 Å². The first kappa shape index (κ1) is 16.4. The molecule has 2 saturated heterocycles. The van der Waals surface area contributed by atoms with E-state index in [0.717, 1.165) is 49.8 Å². The first-order valence-electron chi connectivity index (χ1n) is 9.40. The van der Waals surface area contributed by atoms with E-state index in [2.05, 4.69) is 54.4 Å². The number of rotatable bonds is 4. The molecule has 3 aromatic rings. The Morgan fingerprint density at radius 2 is 1.74 bits per heavy atom. The molecule has 4 heterocycles. The molecule has 0 spiro atoms. The summed E-state index contributed by atoms with van der Waals surface area (Å²) in [6, 6.07) is 14.3. The van der Waals surface area contributed by atoms with Crippen LogP contribution in [-0.2, 0) is 6.54 Å². The van der Waals surface area contributed by atoms with Crippen molar-refractivity contribution >= 4 is 5.82 Å². The minimum atomic E-state index is 0.657. The van der Waals surface area contributed by atoms with Gasteiger partial charge in [-0.2, -0.15) is 4.98 Å². The molecule has 2 aliphatic rings. The van der Waals surface area contributed by atoms with Crippen LogP contribution in [0.25, 0.3) is 11.3 Å². The molecule has 7 heteroatoms. The van der Waals surface area contributed by atoms with Gasteiger partial charge in [-0.05, 0) is 30.9 Å². The maximum absolute atomic E-state index is 5.25. The SMILES string of the molecule is Cc1noc(CN2CC3CN(c4ccc(-c5ccccc5)nn4)CC3C2)n1. The summed E-state index contributed by atoms with van der Waals surface area (Å²) in [6.07, 6.45) is 0. The van der Waals surface area contributed by atoms with E-state index in [9.17, 15) is 0 Å². The van der Waals surface area contributed by atoms with Crippen molar-refractivity contribution in [3.8, 4) is 11.3 Å². The smallest absolute Gasteiger partial charge is 0.240 e. The van der Waals surface area contributed by atoms with Gasteiger partial charge in [0.25, 0.3) is 0 Å². The van der Waals surface area contributed by atoms with Crippen LogP contribution >= 0.6 is 0 Å². The van der Waals surface area contributed by atoms with Crippen molar-refractivity contribution in [3.63, 3.8) is 0 Å². The lowest BCUT2D eigenvalue weighted by atomic mass is 10.0. The van der Waals surface area contributed by atoms with E-state index in [1.165, 1.54) is 0 Å². The third-order valence-corrected chi connectivity index (χ3v) is 5.53. The number of nitrogens with zero attached hydrogens (tertiary/aromatic N) is 6. The standard InChI is InChI=1S/C20H22N6O/c1-14-21-20(27-24-14)13-25-9-16-11-26(12-17(16)10-25)19-8-7-18(22-23-19)15-5-3-2-4-6-15/h2-8,16-17H,9-13H2,1H3. The number of aromatic nitrogens is 4. The Bertz CT molecular complexity index is 896. The van der Waals surface area contributed by atoms with Crippen molar-refractivity contribution < 1.29 is 4.52 Å². The number of likely N-dealkylation sites (tertiary alicyclic amines) is 1. The highest BCUT2D eigenvalue weighted by Gasteiger charge is 2.40. The van der Waals surface area contributed by atoms with Crippen LogP contribution in [0.1, 0.15) is 11.7 Å². The summed E-state index contributed by atoms with van der Waals surface area (Å²) < 4.78 is 5.25. The van der Waals surface area contributed by atoms with Crippen molar-refractivity contribution in [2.24, 2.45) is 11.8 Å². The molecule has 27 heavy (non-hydrogen) atoms. The maximum atomic E-state index is 5.25. The van der Waals surface area contributed by atoms with Gasteiger partial charge in [0, 0.05) is 31.7 Å². The molecule has 138 valence electrons. The highest BCUT2D eigenvalue weighted by atomic mass is 16.5. The summed E-state index contributed by atoms with van der Waals surface area (Å²) in [5, 5.41) is 12.8. The zero-order chi connectivity index (χ0) is 18.2. The fourth-order valence-electron chi connectivity index (χ4n) is 4.26. The van der Waals surface area contributed by atoms with Gasteiger partial charge in [-0.15, -0.1) is 10.2 Å². The van der Waals surface area contributed by atoms with Gasteiger partial charge >= 0.3 is 0 Å². The van der Waals surface area contributed by atoms with Crippen molar-refractivity contribution in [1.82, 2.24) is 25.2 Å². The van der Waals surface area contributed by atoms with E-state index in [4.69, 9.17) is 4.52 Å². The molecule has 0 aliphatic carbocycles. The quantitative estimate of drug-likeness (QED) is 0.706. The lowest BCUT2D eigenvalue weighted by molar-refractivity contribution is 0.255. The summed E-state index contributed by atoms with van der Waals surface area (Å²) >= 11 is 0. The molecule has 0 radical (unpaired) electrons.